The first-order valence-electron chi connectivity index (χ1n) is 9.02. The third-order valence-corrected chi connectivity index (χ3v) is 7.94. The third-order valence-electron chi connectivity index (χ3n) is 5.23. The summed E-state index contributed by atoms with van der Waals surface area (Å²) in [5, 5.41) is 14.2. The number of nitrogens with zero attached hydrogens (tertiary/aromatic N) is 3. The second-order valence-electron chi connectivity index (χ2n) is 7.07. The normalized spacial score (nSPS) is 13.6. The van der Waals surface area contributed by atoms with Crippen LogP contribution in [0.2, 0.25) is 0 Å². The third kappa shape index (κ3) is 3.30. The fourth-order valence-electron chi connectivity index (χ4n) is 3.58. The van der Waals surface area contributed by atoms with Crippen molar-refractivity contribution in [2.24, 2.45) is 0 Å². The fraction of sp³-hybridized carbons (Fsp3) is 0.250. The minimum Gasteiger partial charge on any atom is -0.266 e. The number of aromatic nitrogens is 1. The quantitative estimate of drug-likeness (QED) is 0.453. The predicted molar refractivity (Wildman–Crippen MR) is 113 cm³/mol. The molecule has 0 bridgehead atoms. The Kier molecular flexibility index (Phi) is 4.66. The van der Waals surface area contributed by atoms with E-state index in [1.54, 1.807) is 31.3 Å². The Morgan fingerprint density at radius 1 is 1.17 bits per heavy atom. The molecule has 0 N–H and O–H groups in total. The molecular weight excluding hydrogens is 410 g/mol. The van der Waals surface area contributed by atoms with Crippen LogP contribution >= 0.6 is 11.3 Å². The van der Waals surface area contributed by atoms with Gasteiger partial charge in [-0.05, 0) is 56.0 Å². The molecule has 150 valence electrons. The number of nitro benzene ring substituents is 1. The van der Waals surface area contributed by atoms with E-state index in [1.165, 1.54) is 10.4 Å². The van der Waals surface area contributed by atoms with Crippen molar-refractivity contribution in [3.63, 3.8) is 0 Å². The molecule has 0 amide bonds. The molecule has 0 aliphatic carbocycles. The summed E-state index contributed by atoms with van der Waals surface area (Å²) in [6, 6.07) is 8.19. The highest BCUT2D eigenvalue weighted by molar-refractivity contribution is 7.93. The largest absolute Gasteiger partial charge is 0.271 e. The van der Waals surface area contributed by atoms with Crippen LogP contribution in [0.5, 0.6) is 0 Å². The average Bonchev–Trinajstić information content (AvgIpc) is 3.29. The number of fused-ring (bicyclic) bond motifs is 1. The van der Waals surface area contributed by atoms with Crippen LogP contribution in [0.25, 0.3) is 11.3 Å². The number of non-ortho nitro benzene ring substituents is 1. The zero-order chi connectivity index (χ0) is 20.9. The van der Waals surface area contributed by atoms with E-state index < -0.39 is 14.9 Å². The Morgan fingerprint density at radius 3 is 2.59 bits per heavy atom. The lowest BCUT2D eigenvalue weighted by atomic mass is 10.1. The Bertz CT molecular complexity index is 1250. The molecule has 1 aromatic heterocycles. The summed E-state index contributed by atoms with van der Waals surface area (Å²) in [5.41, 5.74) is 4.25. The number of aryl methyl sites for hydroxylation is 2. The molecule has 0 unspecified atom stereocenters. The number of hydrogen-bond donors (Lipinski definition) is 0. The van der Waals surface area contributed by atoms with Crippen molar-refractivity contribution < 1.29 is 13.3 Å². The van der Waals surface area contributed by atoms with Crippen molar-refractivity contribution in [1.82, 2.24) is 4.98 Å². The molecule has 2 aromatic carbocycles. The van der Waals surface area contributed by atoms with E-state index in [4.69, 9.17) is 0 Å². The van der Waals surface area contributed by atoms with Crippen LogP contribution in [0.3, 0.4) is 0 Å². The lowest BCUT2D eigenvalue weighted by molar-refractivity contribution is -0.385. The number of nitro groups is 1. The SMILES string of the molecule is Cc1nc(-c2ccc3c(c2)CCN3S(=O)(=O)c2cc([N+](=O)[O-])cc(C)c2C)cs1. The summed E-state index contributed by atoms with van der Waals surface area (Å²) in [6.45, 7) is 5.61. The van der Waals surface area contributed by atoms with Gasteiger partial charge in [-0.2, -0.15) is 0 Å². The molecule has 0 saturated heterocycles. The maximum Gasteiger partial charge on any atom is 0.271 e. The zero-order valence-corrected chi connectivity index (χ0v) is 17.8. The van der Waals surface area contributed by atoms with Crippen LogP contribution in [0.4, 0.5) is 11.4 Å². The van der Waals surface area contributed by atoms with Gasteiger partial charge in [0.05, 0.1) is 26.2 Å². The monoisotopic (exact) mass is 429 g/mol. The number of sulfonamides is 1. The summed E-state index contributed by atoms with van der Waals surface area (Å²) < 4.78 is 28.1. The average molecular weight is 430 g/mol. The molecule has 0 atom stereocenters. The summed E-state index contributed by atoms with van der Waals surface area (Å²) in [5.74, 6) is 0. The number of hydrogen-bond acceptors (Lipinski definition) is 6. The zero-order valence-electron chi connectivity index (χ0n) is 16.2. The van der Waals surface area contributed by atoms with Gasteiger partial charge in [0.2, 0.25) is 0 Å². The molecule has 1 aliphatic rings. The molecule has 0 radical (unpaired) electrons. The van der Waals surface area contributed by atoms with E-state index in [2.05, 4.69) is 4.98 Å². The topological polar surface area (TPSA) is 93.4 Å². The van der Waals surface area contributed by atoms with Crippen molar-refractivity contribution in [1.29, 1.82) is 0 Å². The molecule has 3 aromatic rings. The number of anilines is 1. The van der Waals surface area contributed by atoms with Crippen LogP contribution in [0, 0.1) is 30.9 Å². The van der Waals surface area contributed by atoms with E-state index in [0.717, 1.165) is 27.9 Å². The van der Waals surface area contributed by atoms with Gasteiger partial charge in [0.1, 0.15) is 0 Å². The van der Waals surface area contributed by atoms with Gasteiger partial charge in [-0.3, -0.25) is 14.4 Å². The van der Waals surface area contributed by atoms with Crippen molar-refractivity contribution in [3.05, 3.63) is 67.5 Å². The highest BCUT2D eigenvalue weighted by Crippen LogP contribution is 2.37. The summed E-state index contributed by atoms with van der Waals surface area (Å²) in [4.78, 5) is 15.1. The predicted octanol–water partition coefficient (Wildman–Crippen LogP) is 4.39. The molecule has 1 aliphatic heterocycles. The molecular formula is C20H19N3O4S2. The first-order valence-corrected chi connectivity index (χ1v) is 11.3. The number of benzene rings is 2. The molecule has 29 heavy (non-hydrogen) atoms. The van der Waals surface area contributed by atoms with Gasteiger partial charge < -0.3 is 0 Å². The van der Waals surface area contributed by atoms with Crippen LogP contribution < -0.4 is 4.31 Å². The van der Waals surface area contributed by atoms with Gasteiger partial charge in [-0.25, -0.2) is 13.4 Å². The summed E-state index contributed by atoms with van der Waals surface area (Å²) >= 11 is 1.57. The smallest absolute Gasteiger partial charge is 0.266 e. The summed E-state index contributed by atoms with van der Waals surface area (Å²) in [7, 11) is -3.92. The number of thiazole rings is 1. The Morgan fingerprint density at radius 2 is 1.93 bits per heavy atom. The van der Waals surface area contributed by atoms with Gasteiger partial charge in [0.25, 0.3) is 15.7 Å². The molecule has 0 spiro atoms. The van der Waals surface area contributed by atoms with Crippen molar-refractivity contribution >= 4 is 32.7 Å². The van der Waals surface area contributed by atoms with E-state index in [9.17, 15) is 18.5 Å². The highest BCUT2D eigenvalue weighted by atomic mass is 32.2. The van der Waals surface area contributed by atoms with Crippen LogP contribution in [-0.2, 0) is 16.4 Å². The Hall–Kier alpha value is -2.78. The second kappa shape index (κ2) is 6.93. The van der Waals surface area contributed by atoms with Crippen LogP contribution in [0.1, 0.15) is 21.7 Å². The maximum atomic E-state index is 13.4. The molecule has 0 saturated carbocycles. The van der Waals surface area contributed by atoms with Crippen molar-refractivity contribution in [2.75, 3.05) is 10.8 Å². The van der Waals surface area contributed by atoms with Gasteiger partial charge in [0, 0.05) is 29.6 Å². The van der Waals surface area contributed by atoms with E-state index in [0.29, 0.717) is 29.8 Å². The minimum atomic E-state index is -3.92. The van der Waals surface area contributed by atoms with E-state index in [1.807, 2.05) is 24.4 Å². The van der Waals surface area contributed by atoms with Crippen molar-refractivity contribution in [3.8, 4) is 11.3 Å². The van der Waals surface area contributed by atoms with Gasteiger partial charge in [-0.1, -0.05) is 6.07 Å². The molecule has 2 heterocycles. The fourth-order valence-corrected chi connectivity index (χ4v) is 6.02. The van der Waals surface area contributed by atoms with Gasteiger partial charge in [-0.15, -0.1) is 11.3 Å². The lowest BCUT2D eigenvalue weighted by Crippen LogP contribution is -2.29. The van der Waals surface area contributed by atoms with Gasteiger partial charge in [0.15, 0.2) is 0 Å². The second-order valence-corrected chi connectivity index (χ2v) is 9.96. The van der Waals surface area contributed by atoms with Gasteiger partial charge >= 0.3 is 0 Å². The minimum absolute atomic E-state index is 0.0174. The van der Waals surface area contributed by atoms with E-state index >= 15 is 0 Å². The highest BCUT2D eigenvalue weighted by Gasteiger charge is 2.33. The number of rotatable bonds is 4. The van der Waals surface area contributed by atoms with Crippen LogP contribution in [0.15, 0.2) is 40.6 Å². The van der Waals surface area contributed by atoms with Crippen molar-refractivity contribution in [2.45, 2.75) is 32.1 Å². The molecule has 7 nitrogen and oxygen atoms in total. The molecule has 9 heteroatoms. The summed E-state index contributed by atoms with van der Waals surface area (Å²) in [6.07, 6.45) is 0.582. The first kappa shape index (κ1) is 19.5. The standard InChI is InChI=1S/C20H19N3O4S2/c1-12-8-17(23(24)25)10-20(13(12)2)29(26,27)22-7-6-16-9-15(4-5-19(16)22)18-11-28-14(3)21-18/h4-5,8-11H,6-7H2,1-3H3. The Balaban J connectivity index is 1.77. The first-order chi connectivity index (χ1) is 13.7. The Labute approximate surface area is 172 Å². The lowest BCUT2D eigenvalue weighted by Gasteiger charge is -2.21. The molecule has 0 fully saturated rings. The maximum absolute atomic E-state index is 13.4. The van der Waals surface area contributed by atoms with E-state index in [-0.39, 0.29) is 10.6 Å². The van der Waals surface area contributed by atoms with Crippen LogP contribution in [-0.4, -0.2) is 24.9 Å². The molecule has 4 rings (SSSR count).